The highest BCUT2D eigenvalue weighted by atomic mass is 32.2. The second-order valence-electron chi connectivity index (χ2n) is 25.8. The number of carbonyl (C=O) groups is 9. The van der Waals surface area contributed by atoms with Gasteiger partial charge in [0.25, 0.3) is 5.91 Å². The van der Waals surface area contributed by atoms with E-state index in [0.717, 1.165) is 46.4 Å². The Morgan fingerprint density at radius 3 is 2.18 bits per heavy atom. The topological polar surface area (TPSA) is 260 Å². The van der Waals surface area contributed by atoms with Gasteiger partial charge in [-0.15, -0.1) is 11.3 Å². The first-order valence-corrected chi connectivity index (χ1v) is 35.2. The molecule has 0 spiro atoms. The molecule has 1 aliphatic rings. The highest BCUT2D eigenvalue weighted by molar-refractivity contribution is 8.00. The molecular weight excluding hydrogens is 1210 g/mol. The average Bonchev–Trinajstić information content (AvgIpc) is 1.07. The van der Waals surface area contributed by atoms with Crippen LogP contribution in [-0.2, 0) is 71.8 Å². The van der Waals surface area contributed by atoms with E-state index in [1.165, 1.54) is 23.1 Å². The van der Waals surface area contributed by atoms with Gasteiger partial charge in [0.2, 0.25) is 29.5 Å². The van der Waals surface area contributed by atoms with E-state index in [2.05, 4.69) is 50.6 Å². The second kappa shape index (κ2) is 39.7. The van der Waals surface area contributed by atoms with E-state index in [-0.39, 0.29) is 110 Å². The minimum atomic E-state index is -0.969. The lowest BCUT2D eigenvalue weighted by molar-refractivity contribution is -0.145. The highest BCUT2D eigenvalue weighted by Crippen LogP contribution is 2.35. The van der Waals surface area contributed by atoms with E-state index in [9.17, 15) is 48.3 Å². The molecule has 8 atom stereocenters. The zero-order valence-electron chi connectivity index (χ0n) is 57.3. The van der Waals surface area contributed by atoms with Gasteiger partial charge in [-0.3, -0.25) is 53.0 Å². The zero-order chi connectivity index (χ0) is 68.2. The van der Waals surface area contributed by atoms with Crippen LogP contribution in [0.25, 0.3) is 0 Å². The number of aryl methyl sites for hydroxylation is 3. The number of ether oxygens (including phenoxy) is 3. The molecule has 0 aliphatic carbocycles. The molecule has 2 aromatic carbocycles. The Labute approximate surface area is 555 Å². The maximum absolute atomic E-state index is 14.9. The van der Waals surface area contributed by atoms with Crippen molar-refractivity contribution in [3.63, 3.8) is 0 Å². The van der Waals surface area contributed by atoms with E-state index in [0.29, 0.717) is 88.6 Å². The van der Waals surface area contributed by atoms with Crippen molar-refractivity contribution in [2.24, 2.45) is 29.6 Å². The fourth-order valence-electron chi connectivity index (χ4n) is 11.2. The lowest BCUT2D eigenvalue weighted by atomic mass is 9.81. The summed E-state index contributed by atoms with van der Waals surface area (Å²) in [5.41, 5.74) is 3.94. The number of rotatable bonds is 45. The second-order valence-corrected chi connectivity index (χ2v) is 27.7. The molecule has 3 aromatic rings. The van der Waals surface area contributed by atoms with Gasteiger partial charge in [-0.05, 0) is 133 Å². The van der Waals surface area contributed by atoms with Gasteiger partial charge in [0.1, 0.15) is 29.2 Å². The molecule has 22 heteroatoms. The molecule has 20 nitrogen and oxygen atoms in total. The van der Waals surface area contributed by atoms with E-state index in [1.54, 1.807) is 25.7 Å². The van der Waals surface area contributed by atoms with Crippen molar-refractivity contribution in [1.82, 2.24) is 30.3 Å². The molecule has 1 aromatic heterocycles. The van der Waals surface area contributed by atoms with Crippen LogP contribution in [0, 0.1) is 36.5 Å². The fraction of sp³-hybridized carbons (Fsp3) is 0.657. The number of carboxylic acid groups (broad SMARTS) is 1. The lowest BCUT2D eigenvalue weighted by Gasteiger charge is -2.40. The van der Waals surface area contributed by atoms with Gasteiger partial charge in [-0.1, -0.05) is 97.7 Å². The van der Waals surface area contributed by atoms with Gasteiger partial charge < -0.3 is 40.2 Å². The molecule has 1 aliphatic heterocycles. The van der Waals surface area contributed by atoms with Gasteiger partial charge in [0, 0.05) is 100 Å². The van der Waals surface area contributed by atoms with Crippen LogP contribution in [0.4, 0.5) is 5.69 Å². The van der Waals surface area contributed by atoms with Crippen LogP contribution in [0.2, 0.25) is 0 Å². The van der Waals surface area contributed by atoms with E-state index in [4.69, 9.17) is 19.2 Å². The van der Waals surface area contributed by atoms with Crippen molar-refractivity contribution in [3.05, 3.63) is 80.8 Å². The standard InChI is InChI=1S/C70H107N7O13S2/c1-15-31-76(67(84)55(46(6)17-3)40-61(79)70(9,10)75(11)12)58(45(4)5)41-59(90-33-16-2)66-74-57(44-92-66)65(83)72-53(37-48(8)69(86)87)38-51-25-22-49(23-26-51)21-24-50-27-28-56(47(7)36-50)73-64(82)52(20-18-19-30-71-62(80)43-89-35-34-88-13)39-54(78)29-32-77-63(81)42-60(91-14)68(77)85/h22-23,25-28,36,44-46,48,52-53,55,58-60H,15-21,24,29-35,37-43H2,1-14H3,(H,71,80)(H,72,83)(H,73,82)(H,86,87)/t46?,48?,52?,53-,55+,58-,59-,60?/m1/s1. The number of thiazole rings is 1. The normalized spacial score (nSPS) is 15.8. The number of likely N-dealkylation sites (N-methyl/N-ethyl adjacent to an activating group) is 1. The number of hydrogen-bond acceptors (Lipinski definition) is 16. The number of anilines is 1. The first-order valence-electron chi connectivity index (χ1n) is 33.0. The van der Waals surface area contributed by atoms with Crippen LogP contribution in [0.15, 0.2) is 47.8 Å². The van der Waals surface area contributed by atoms with Gasteiger partial charge in [0.15, 0.2) is 5.78 Å². The quantitative estimate of drug-likeness (QED) is 0.0303. The Hall–Kier alpha value is -5.91. The summed E-state index contributed by atoms with van der Waals surface area (Å²) >= 11 is 2.63. The Morgan fingerprint density at radius 1 is 0.891 bits per heavy atom. The Kier molecular flexibility index (Phi) is 33.9. The summed E-state index contributed by atoms with van der Waals surface area (Å²) in [5.74, 6) is -4.74. The predicted octanol–water partition coefficient (Wildman–Crippen LogP) is 10.1. The Balaban J connectivity index is 1.43. The first-order chi connectivity index (χ1) is 43.7. The third-order valence-corrected chi connectivity index (χ3v) is 19.7. The predicted molar refractivity (Wildman–Crippen MR) is 363 cm³/mol. The summed E-state index contributed by atoms with van der Waals surface area (Å²) in [6.07, 6.45) is 7.48. The number of benzene rings is 2. The minimum Gasteiger partial charge on any atom is -0.481 e. The summed E-state index contributed by atoms with van der Waals surface area (Å²) in [6.45, 7) is 21.6. The molecule has 1 fully saturated rings. The number of unbranched alkanes of at least 4 members (excludes halogenated alkanes) is 1. The number of carbonyl (C=O) groups excluding carboxylic acids is 8. The number of amides is 6. The van der Waals surface area contributed by atoms with Crippen molar-refractivity contribution in [3.8, 4) is 0 Å². The van der Waals surface area contributed by atoms with Crippen LogP contribution in [-0.4, -0.2) is 174 Å². The maximum Gasteiger partial charge on any atom is 0.306 e. The molecule has 0 bridgehead atoms. The number of nitrogens with one attached hydrogen (secondary N) is 3. The molecule has 92 heavy (non-hydrogen) atoms. The minimum absolute atomic E-state index is 0.0217. The van der Waals surface area contributed by atoms with Crippen LogP contribution in [0.3, 0.4) is 0 Å². The molecule has 1 saturated heterocycles. The third kappa shape index (κ3) is 24.8. The van der Waals surface area contributed by atoms with Crippen LogP contribution in [0.1, 0.15) is 183 Å². The van der Waals surface area contributed by atoms with E-state index in [1.807, 2.05) is 94.1 Å². The van der Waals surface area contributed by atoms with Crippen LogP contribution < -0.4 is 16.0 Å². The van der Waals surface area contributed by atoms with Gasteiger partial charge in [-0.2, -0.15) is 11.8 Å². The lowest BCUT2D eigenvalue weighted by Crippen LogP contribution is -2.51. The molecular formula is C70H107N7O13S2. The number of likely N-dealkylation sites (tertiary alicyclic amines) is 1. The zero-order valence-corrected chi connectivity index (χ0v) is 59.0. The smallest absolute Gasteiger partial charge is 0.306 e. The largest absolute Gasteiger partial charge is 0.481 e. The molecule has 4 unspecified atom stereocenters. The number of ketones is 2. The Bertz CT molecular complexity index is 2880. The number of methoxy groups -OCH3 is 1. The van der Waals surface area contributed by atoms with E-state index < -0.39 is 52.6 Å². The number of nitrogens with zero attached hydrogens (tertiary/aromatic N) is 4. The molecule has 4 N–H and O–H groups in total. The maximum atomic E-state index is 14.9. The van der Waals surface area contributed by atoms with Crippen molar-refractivity contribution >= 4 is 81.8 Å². The number of Topliss-reactive ketones (excluding diaryl/α,β-unsaturated/α-hetero) is 2. The summed E-state index contributed by atoms with van der Waals surface area (Å²) < 4.78 is 16.7. The first kappa shape index (κ1) is 78.5. The molecule has 6 amide bonds. The van der Waals surface area contributed by atoms with Crippen LogP contribution in [0.5, 0.6) is 0 Å². The number of imide groups is 1. The number of hydrogen-bond donors (Lipinski definition) is 4. The molecule has 0 saturated carbocycles. The number of thioether (sulfide) groups is 1. The Morgan fingerprint density at radius 2 is 1.58 bits per heavy atom. The number of carboxylic acids is 1. The monoisotopic (exact) mass is 1320 g/mol. The van der Waals surface area contributed by atoms with Gasteiger partial charge in [-0.25, -0.2) is 4.98 Å². The number of aliphatic carboxylic acids is 1. The third-order valence-electron chi connectivity index (χ3n) is 17.8. The van der Waals surface area contributed by atoms with Gasteiger partial charge in [0.05, 0.1) is 29.9 Å². The molecule has 512 valence electrons. The summed E-state index contributed by atoms with van der Waals surface area (Å²) in [5, 5.41) is 20.8. The SMILES string of the molecule is CCCO[C@H](C[C@H](C(C)C)N(CCC)C(=O)[C@@H](CC(=O)C(C)(C)N(C)C)C(C)CC)c1nc(C(=O)N[C@@H](Cc2ccc(CCc3ccc(NC(=O)C(CCCCNC(=O)COCCOC)CC(=O)CCN4C(=O)CC(SC)C4=O)c(C)c3)cc2)CC(C)C(=O)O)cs1. The fourth-order valence-corrected chi connectivity index (χ4v) is 12.7. The number of aromatic nitrogens is 1. The van der Waals surface area contributed by atoms with Crippen molar-refractivity contribution < 1.29 is 62.5 Å². The highest BCUT2D eigenvalue weighted by Gasteiger charge is 2.41. The van der Waals surface area contributed by atoms with E-state index >= 15 is 0 Å². The van der Waals surface area contributed by atoms with Crippen LogP contribution >= 0.6 is 23.1 Å². The summed E-state index contributed by atoms with van der Waals surface area (Å²) in [7, 11) is 5.31. The summed E-state index contributed by atoms with van der Waals surface area (Å²) in [6, 6.07) is 13.1. The summed E-state index contributed by atoms with van der Waals surface area (Å²) in [4.78, 5) is 130. The molecule has 4 rings (SSSR count). The van der Waals surface area contributed by atoms with Gasteiger partial charge >= 0.3 is 5.97 Å². The molecule has 0 radical (unpaired) electrons. The van der Waals surface area contributed by atoms with Crippen molar-refractivity contribution in [2.75, 3.05) is 78.8 Å². The average molecular weight is 1320 g/mol. The van der Waals surface area contributed by atoms with Crippen molar-refractivity contribution in [1.29, 1.82) is 0 Å². The molecule has 2 heterocycles. The van der Waals surface area contributed by atoms with Crippen molar-refractivity contribution in [2.45, 2.75) is 195 Å².